The molecule has 0 fully saturated rings. The molecular formula is C14H15FN4O. The van der Waals surface area contributed by atoms with Gasteiger partial charge >= 0.3 is 0 Å². The lowest BCUT2D eigenvalue weighted by atomic mass is 10.1. The predicted octanol–water partition coefficient (Wildman–Crippen LogP) is 2.69. The lowest BCUT2D eigenvalue weighted by molar-refractivity contribution is 0.102. The monoisotopic (exact) mass is 274 g/mol. The second-order valence-electron chi connectivity index (χ2n) is 4.15. The number of anilines is 2. The van der Waals surface area contributed by atoms with E-state index in [4.69, 9.17) is 0 Å². The van der Waals surface area contributed by atoms with E-state index in [-0.39, 0.29) is 11.3 Å². The van der Waals surface area contributed by atoms with E-state index in [1.54, 1.807) is 18.2 Å². The number of hydrogen-bond acceptors (Lipinski definition) is 4. The summed E-state index contributed by atoms with van der Waals surface area (Å²) < 4.78 is 13.8. The first-order valence-corrected chi connectivity index (χ1v) is 6.33. The first kappa shape index (κ1) is 13.9. The zero-order chi connectivity index (χ0) is 14.4. The van der Waals surface area contributed by atoms with E-state index in [1.807, 2.05) is 6.92 Å². The van der Waals surface area contributed by atoms with Gasteiger partial charge in [0.15, 0.2) is 5.82 Å². The first-order chi connectivity index (χ1) is 9.72. The Labute approximate surface area is 116 Å². The number of amides is 1. The number of carbonyl (C=O) groups is 1. The Balaban J connectivity index is 2.23. The van der Waals surface area contributed by atoms with Crippen LogP contribution in [-0.2, 0) is 0 Å². The van der Waals surface area contributed by atoms with Crippen LogP contribution in [0.25, 0.3) is 0 Å². The number of nitrogens with zero attached hydrogens (tertiary/aromatic N) is 2. The average molecular weight is 274 g/mol. The van der Waals surface area contributed by atoms with Crippen molar-refractivity contribution < 1.29 is 9.18 Å². The van der Waals surface area contributed by atoms with Gasteiger partial charge < -0.3 is 10.6 Å². The summed E-state index contributed by atoms with van der Waals surface area (Å²) in [6.07, 6.45) is 2.34. The number of halogens is 1. The molecule has 6 heteroatoms. The summed E-state index contributed by atoms with van der Waals surface area (Å²) in [7, 11) is 0. The van der Waals surface area contributed by atoms with Crippen LogP contribution in [0.5, 0.6) is 0 Å². The summed E-state index contributed by atoms with van der Waals surface area (Å²) in [6.45, 7) is 2.56. The summed E-state index contributed by atoms with van der Waals surface area (Å²) in [4.78, 5) is 12.2. The van der Waals surface area contributed by atoms with Crippen LogP contribution in [0.2, 0.25) is 0 Å². The molecule has 0 radical (unpaired) electrons. The molecule has 0 atom stereocenters. The molecule has 0 saturated heterocycles. The molecule has 2 N–H and O–H groups in total. The van der Waals surface area contributed by atoms with Gasteiger partial charge in [0.2, 0.25) is 0 Å². The van der Waals surface area contributed by atoms with Gasteiger partial charge in [0.1, 0.15) is 5.82 Å². The minimum atomic E-state index is -0.453. The lowest BCUT2D eigenvalue weighted by Crippen LogP contribution is -2.17. The largest absolute Gasteiger partial charge is 0.382 e. The minimum absolute atomic E-state index is 0.204. The highest BCUT2D eigenvalue weighted by Crippen LogP contribution is 2.20. The van der Waals surface area contributed by atoms with Gasteiger partial charge in [-0.05, 0) is 30.7 Å². The number of para-hydroxylation sites is 1. The van der Waals surface area contributed by atoms with Gasteiger partial charge in [0, 0.05) is 12.7 Å². The van der Waals surface area contributed by atoms with E-state index in [9.17, 15) is 9.18 Å². The van der Waals surface area contributed by atoms with Gasteiger partial charge in [-0.15, -0.1) is 5.10 Å². The van der Waals surface area contributed by atoms with Crippen LogP contribution in [0, 0.1) is 5.82 Å². The molecule has 0 spiro atoms. The molecule has 0 aliphatic carbocycles. The molecule has 1 heterocycles. The highest BCUT2D eigenvalue weighted by atomic mass is 19.1. The first-order valence-electron chi connectivity index (χ1n) is 6.33. The quantitative estimate of drug-likeness (QED) is 0.879. The molecule has 20 heavy (non-hydrogen) atoms. The number of nitrogens with one attached hydrogen (secondary N) is 2. The Morgan fingerprint density at radius 3 is 2.85 bits per heavy atom. The van der Waals surface area contributed by atoms with Gasteiger partial charge in [-0.25, -0.2) is 4.39 Å². The van der Waals surface area contributed by atoms with Gasteiger partial charge in [0.05, 0.1) is 11.3 Å². The molecule has 0 bridgehead atoms. The Kier molecular flexibility index (Phi) is 4.60. The van der Waals surface area contributed by atoms with E-state index in [2.05, 4.69) is 20.8 Å². The van der Waals surface area contributed by atoms with Gasteiger partial charge in [0.25, 0.3) is 5.91 Å². The van der Waals surface area contributed by atoms with Crippen molar-refractivity contribution in [3.63, 3.8) is 0 Å². The van der Waals surface area contributed by atoms with Crippen molar-refractivity contribution in [3.05, 3.63) is 47.9 Å². The molecule has 1 aromatic carbocycles. The zero-order valence-corrected chi connectivity index (χ0v) is 11.1. The fourth-order valence-corrected chi connectivity index (χ4v) is 1.69. The fourth-order valence-electron chi connectivity index (χ4n) is 1.69. The molecule has 5 nitrogen and oxygen atoms in total. The topological polar surface area (TPSA) is 66.9 Å². The molecular weight excluding hydrogens is 259 g/mol. The maximum absolute atomic E-state index is 13.8. The molecule has 0 unspecified atom stereocenters. The summed E-state index contributed by atoms with van der Waals surface area (Å²) in [6, 6.07) is 7.65. The number of benzene rings is 1. The zero-order valence-electron chi connectivity index (χ0n) is 11.1. The second-order valence-corrected chi connectivity index (χ2v) is 4.15. The molecule has 2 rings (SSSR count). The molecule has 0 aliphatic rings. The lowest BCUT2D eigenvalue weighted by Gasteiger charge is -2.12. The van der Waals surface area contributed by atoms with E-state index in [0.717, 1.165) is 6.42 Å². The van der Waals surface area contributed by atoms with Crippen LogP contribution in [0.3, 0.4) is 0 Å². The highest BCUT2D eigenvalue weighted by Gasteiger charge is 2.15. The van der Waals surface area contributed by atoms with Crippen LogP contribution in [0.15, 0.2) is 36.5 Å². The molecule has 2 aromatic rings. The standard InChI is InChI=1S/C14H15FN4O/c1-2-8-16-13-10(5-3-6-11(13)15)14(20)18-12-7-4-9-17-19-12/h3-7,9,16H,2,8H2,1H3,(H,18,19,20). The van der Waals surface area contributed by atoms with E-state index < -0.39 is 11.7 Å². The second kappa shape index (κ2) is 6.60. The normalized spacial score (nSPS) is 10.1. The summed E-state index contributed by atoms with van der Waals surface area (Å²) in [5.41, 5.74) is 0.444. The van der Waals surface area contributed by atoms with E-state index in [1.165, 1.54) is 18.3 Å². The SMILES string of the molecule is CCCNc1c(F)cccc1C(=O)Nc1cccnn1. The number of carbonyl (C=O) groups excluding carboxylic acids is 1. The van der Waals surface area contributed by atoms with Crippen LogP contribution in [0.1, 0.15) is 23.7 Å². The van der Waals surface area contributed by atoms with Crippen molar-refractivity contribution in [2.45, 2.75) is 13.3 Å². The predicted molar refractivity (Wildman–Crippen MR) is 75.2 cm³/mol. The Morgan fingerprint density at radius 1 is 1.30 bits per heavy atom. The fraction of sp³-hybridized carbons (Fsp3) is 0.214. The van der Waals surface area contributed by atoms with Crippen molar-refractivity contribution >= 4 is 17.4 Å². The van der Waals surface area contributed by atoms with Crippen molar-refractivity contribution in [3.8, 4) is 0 Å². The maximum Gasteiger partial charge on any atom is 0.259 e. The van der Waals surface area contributed by atoms with E-state index in [0.29, 0.717) is 12.4 Å². The van der Waals surface area contributed by atoms with Gasteiger partial charge in [-0.1, -0.05) is 13.0 Å². The third-order valence-corrected chi connectivity index (χ3v) is 2.62. The maximum atomic E-state index is 13.8. The van der Waals surface area contributed by atoms with Crippen LogP contribution in [0.4, 0.5) is 15.9 Å². The molecule has 104 valence electrons. The highest BCUT2D eigenvalue weighted by molar-refractivity contribution is 6.07. The van der Waals surface area contributed by atoms with Crippen molar-refractivity contribution in [1.82, 2.24) is 10.2 Å². The summed E-state index contributed by atoms with van der Waals surface area (Å²) >= 11 is 0. The minimum Gasteiger partial charge on any atom is -0.382 e. The van der Waals surface area contributed by atoms with Crippen molar-refractivity contribution in [2.24, 2.45) is 0 Å². The van der Waals surface area contributed by atoms with Gasteiger partial charge in [-0.2, -0.15) is 5.10 Å². The third kappa shape index (κ3) is 3.28. The van der Waals surface area contributed by atoms with Crippen molar-refractivity contribution in [2.75, 3.05) is 17.2 Å². The molecule has 1 amide bonds. The number of rotatable bonds is 5. The summed E-state index contributed by atoms with van der Waals surface area (Å²) in [5.74, 6) is -0.558. The Hall–Kier alpha value is -2.50. The summed E-state index contributed by atoms with van der Waals surface area (Å²) in [5, 5.41) is 12.9. The van der Waals surface area contributed by atoms with Gasteiger partial charge in [-0.3, -0.25) is 4.79 Å². The Morgan fingerprint density at radius 2 is 2.15 bits per heavy atom. The van der Waals surface area contributed by atoms with E-state index >= 15 is 0 Å². The smallest absolute Gasteiger partial charge is 0.259 e. The molecule has 1 aromatic heterocycles. The molecule has 0 saturated carbocycles. The molecule has 0 aliphatic heterocycles. The average Bonchev–Trinajstić information content (AvgIpc) is 2.47. The van der Waals surface area contributed by atoms with Crippen LogP contribution in [-0.4, -0.2) is 22.6 Å². The Bertz CT molecular complexity index is 589. The number of hydrogen-bond donors (Lipinski definition) is 2. The number of aromatic nitrogens is 2. The third-order valence-electron chi connectivity index (χ3n) is 2.62. The van der Waals surface area contributed by atoms with Crippen LogP contribution >= 0.6 is 0 Å². The van der Waals surface area contributed by atoms with Crippen LogP contribution < -0.4 is 10.6 Å². The van der Waals surface area contributed by atoms with Crippen molar-refractivity contribution in [1.29, 1.82) is 0 Å².